The highest BCUT2D eigenvalue weighted by molar-refractivity contribution is 9.10. The van der Waals surface area contributed by atoms with Crippen molar-refractivity contribution in [1.82, 2.24) is 10.3 Å². The van der Waals surface area contributed by atoms with Gasteiger partial charge in [0.15, 0.2) is 0 Å². The molecule has 1 aromatic heterocycles. The molecule has 1 unspecified atom stereocenters. The largest absolute Gasteiger partial charge is 0.313 e. The Morgan fingerprint density at radius 1 is 1.42 bits per heavy atom. The molecule has 1 N–H and O–H groups in total. The summed E-state index contributed by atoms with van der Waals surface area (Å²) in [5, 5.41) is 6.79. The number of thioether (sulfide) groups is 1. The maximum Gasteiger partial charge on any atom is 0.0940 e. The van der Waals surface area contributed by atoms with E-state index in [2.05, 4.69) is 51.4 Å². The fourth-order valence-electron chi connectivity index (χ4n) is 1.80. The van der Waals surface area contributed by atoms with Crippen molar-refractivity contribution in [2.24, 2.45) is 0 Å². The Balaban J connectivity index is 1.91. The van der Waals surface area contributed by atoms with Gasteiger partial charge in [-0.25, -0.2) is 4.98 Å². The SMILES string of the molecule is CCNC(CSc1ccccc1Br)Cc1nccs1. The quantitative estimate of drug-likeness (QED) is 0.751. The van der Waals surface area contributed by atoms with Gasteiger partial charge < -0.3 is 5.32 Å². The van der Waals surface area contributed by atoms with E-state index >= 15 is 0 Å². The fraction of sp³-hybridized carbons (Fsp3) is 0.357. The maximum atomic E-state index is 4.37. The summed E-state index contributed by atoms with van der Waals surface area (Å²) in [5.41, 5.74) is 0. The van der Waals surface area contributed by atoms with E-state index in [1.807, 2.05) is 29.4 Å². The molecule has 0 aliphatic heterocycles. The van der Waals surface area contributed by atoms with Crippen LogP contribution in [0.25, 0.3) is 0 Å². The second-order valence-electron chi connectivity index (χ2n) is 4.13. The molecule has 102 valence electrons. The minimum atomic E-state index is 0.466. The lowest BCUT2D eigenvalue weighted by atomic mass is 10.2. The Morgan fingerprint density at radius 2 is 2.26 bits per heavy atom. The second kappa shape index (κ2) is 8.04. The van der Waals surface area contributed by atoms with Crippen LogP contribution in [0.1, 0.15) is 11.9 Å². The van der Waals surface area contributed by atoms with E-state index in [1.54, 1.807) is 11.3 Å². The van der Waals surface area contributed by atoms with E-state index in [4.69, 9.17) is 0 Å². The molecular formula is C14H17BrN2S2. The molecule has 0 saturated heterocycles. The first-order valence-corrected chi connectivity index (χ1v) is 8.94. The maximum absolute atomic E-state index is 4.37. The van der Waals surface area contributed by atoms with Crippen LogP contribution in [-0.4, -0.2) is 23.3 Å². The van der Waals surface area contributed by atoms with Gasteiger partial charge in [0.2, 0.25) is 0 Å². The number of hydrogen-bond donors (Lipinski definition) is 1. The van der Waals surface area contributed by atoms with Crippen LogP contribution < -0.4 is 5.32 Å². The normalized spacial score (nSPS) is 12.5. The third-order valence-electron chi connectivity index (χ3n) is 2.67. The van der Waals surface area contributed by atoms with Crippen molar-refractivity contribution < 1.29 is 0 Å². The Labute approximate surface area is 131 Å². The van der Waals surface area contributed by atoms with Gasteiger partial charge in [-0.05, 0) is 34.6 Å². The van der Waals surface area contributed by atoms with Gasteiger partial charge in [0, 0.05) is 39.2 Å². The molecule has 2 rings (SSSR count). The molecular weight excluding hydrogens is 340 g/mol. The first-order valence-electron chi connectivity index (χ1n) is 6.28. The van der Waals surface area contributed by atoms with Crippen LogP contribution in [-0.2, 0) is 6.42 Å². The number of halogens is 1. The van der Waals surface area contributed by atoms with Gasteiger partial charge in [-0.1, -0.05) is 19.1 Å². The van der Waals surface area contributed by atoms with Gasteiger partial charge in [0.1, 0.15) is 0 Å². The van der Waals surface area contributed by atoms with Crippen LogP contribution in [0, 0.1) is 0 Å². The van der Waals surface area contributed by atoms with Crippen molar-refractivity contribution >= 4 is 39.0 Å². The Morgan fingerprint density at radius 3 is 2.95 bits per heavy atom. The summed E-state index contributed by atoms with van der Waals surface area (Å²) in [4.78, 5) is 5.67. The Kier molecular flexibility index (Phi) is 6.37. The van der Waals surface area contributed by atoms with Gasteiger partial charge in [0.25, 0.3) is 0 Å². The number of thiazole rings is 1. The van der Waals surface area contributed by atoms with Gasteiger partial charge >= 0.3 is 0 Å². The van der Waals surface area contributed by atoms with Crippen LogP contribution in [0.3, 0.4) is 0 Å². The standard InChI is InChI=1S/C14H17BrN2S2/c1-2-16-11(9-14-17-7-8-18-14)10-19-13-6-4-3-5-12(13)15/h3-8,11,16H,2,9-10H2,1H3. The molecule has 0 bridgehead atoms. The van der Waals surface area contributed by atoms with E-state index < -0.39 is 0 Å². The number of likely N-dealkylation sites (N-methyl/N-ethyl adjacent to an activating group) is 1. The molecule has 1 atom stereocenters. The predicted octanol–water partition coefficient (Wildman–Crippen LogP) is 4.22. The van der Waals surface area contributed by atoms with Crippen LogP contribution >= 0.6 is 39.0 Å². The van der Waals surface area contributed by atoms with E-state index in [0.29, 0.717) is 6.04 Å². The molecule has 2 aromatic rings. The first-order chi connectivity index (χ1) is 9.29. The fourth-order valence-corrected chi connectivity index (χ4v) is 4.12. The number of benzene rings is 1. The molecule has 5 heteroatoms. The molecule has 0 saturated carbocycles. The summed E-state index contributed by atoms with van der Waals surface area (Å²) in [7, 11) is 0. The van der Waals surface area contributed by atoms with E-state index in [1.165, 1.54) is 14.4 Å². The molecule has 2 nitrogen and oxygen atoms in total. The zero-order valence-corrected chi connectivity index (χ0v) is 14.0. The van der Waals surface area contributed by atoms with Crippen molar-refractivity contribution in [3.05, 3.63) is 45.3 Å². The van der Waals surface area contributed by atoms with Crippen molar-refractivity contribution in [1.29, 1.82) is 0 Å². The predicted molar refractivity (Wildman–Crippen MR) is 88.1 cm³/mol. The van der Waals surface area contributed by atoms with Crippen LogP contribution in [0.15, 0.2) is 45.2 Å². The summed E-state index contributed by atoms with van der Waals surface area (Å²) in [6.45, 7) is 3.14. The van der Waals surface area contributed by atoms with Gasteiger partial charge in [-0.3, -0.25) is 0 Å². The molecule has 0 radical (unpaired) electrons. The minimum Gasteiger partial charge on any atom is -0.313 e. The van der Waals surface area contributed by atoms with Gasteiger partial charge in [-0.2, -0.15) is 0 Å². The molecule has 0 spiro atoms. The lowest BCUT2D eigenvalue weighted by Gasteiger charge is -2.16. The molecule has 0 fully saturated rings. The highest BCUT2D eigenvalue weighted by Gasteiger charge is 2.11. The topological polar surface area (TPSA) is 24.9 Å². The number of nitrogens with zero attached hydrogens (tertiary/aromatic N) is 1. The number of rotatable bonds is 7. The highest BCUT2D eigenvalue weighted by atomic mass is 79.9. The lowest BCUT2D eigenvalue weighted by Crippen LogP contribution is -2.33. The molecule has 1 aromatic carbocycles. The Bertz CT molecular complexity index is 488. The van der Waals surface area contributed by atoms with Crippen molar-refractivity contribution in [2.75, 3.05) is 12.3 Å². The molecule has 0 aliphatic carbocycles. The van der Waals surface area contributed by atoms with Crippen LogP contribution in [0.5, 0.6) is 0 Å². The molecule has 0 amide bonds. The number of aromatic nitrogens is 1. The Hall–Kier alpha value is -0.360. The third kappa shape index (κ3) is 4.91. The van der Waals surface area contributed by atoms with Crippen LogP contribution in [0.4, 0.5) is 0 Å². The smallest absolute Gasteiger partial charge is 0.0940 e. The highest BCUT2D eigenvalue weighted by Crippen LogP contribution is 2.27. The summed E-state index contributed by atoms with van der Waals surface area (Å²) < 4.78 is 1.17. The zero-order chi connectivity index (χ0) is 13.5. The molecule has 0 aliphatic rings. The van der Waals surface area contributed by atoms with Crippen molar-refractivity contribution in [3.8, 4) is 0 Å². The average Bonchev–Trinajstić information content (AvgIpc) is 2.91. The van der Waals surface area contributed by atoms with E-state index in [-0.39, 0.29) is 0 Å². The summed E-state index contributed by atoms with van der Waals surface area (Å²) in [6.07, 6.45) is 2.88. The van der Waals surface area contributed by atoms with E-state index in [0.717, 1.165) is 18.7 Å². The second-order valence-corrected chi connectivity index (χ2v) is 7.02. The molecule has 1 heterocycles. The van der Waals surface area contributed by atoms with E-state index in [9.17, 15) is 0 Å². The monoisotopic (exact) mass is 356 g/mol. The minimum absolute atomic E-state index is 0.466. The molecule has 19 heavy (non-hydrogen) atoms. The first kappa shape index (κ1) is 15.0. The summed E-state index contributed by atoms with van der Waals surface area (Å²) in [6, 6.07) is 8.84. The van der Waals surface area contributed by atoms with Gasteiger partial charge in [0.05, 0.1) is 5.01 Å². The number of nitrogens with one attached hydrogen (secondary N) is 1. The van der Waals surface area contributed by atoms with Crippen LogP contribution in [0.2, 0.25) is 0 Å². The van der Waals surface area contributed by atoms with Gasteiger partial charge in [-0.15, -0.1) is 23.1 Å². The zero-order valence-electron chi connectivity index (χ0n) is 10.8. The third-order valence-corrected chi connectivity index (χ3v) is 5.67. The van der Waals surface area contributed by atoms with Crippen molar-refractivity contribution in [2.45, 2.75) is 24.3 Å². The van der Waals surface area contributed by atoms with Crippen molar-refractivity contribution in [3.63, 3.8) is 0 Å². The number of hydrogen-bond acceptors (Lipinski definition) is 4. The summed E-state index contributed by atoms with van der Waals surface area (Å²) >= 11 is 7.21. The summed E-state index contributed by atoms with van der Waals surface area (Å²) in [5.74, 6) is 1.05. The lowest BCUT2D eigenvalue weighted by molar-refractivity contribution is 0.571. The average molecular weight is 357 g/mol.